The van der Waals surface area contributed by atoms with Gasteiger partial charge in [-0.3, -0.25) is 9.59 Å². The lowest BCUT2D eigenvalue weighted by Gasteiger charge is -2.11. The Morgan fingerprint density at radius 1 is 0.380 bits per heavy atom. The van der Waals surface area contributed by atoms with Gasteiger partial charge >= 0.3 is 11.9 Å². The molecule has 0 saturated carbocycles. The molecular weight excluding hydrogens is 1310 g/mol. The average molecular weight is 1370 g/mol. The first-order chi connectivity index (χ1) is 24.2. The summed E-state index contributed by atoms with van der Waals surface area (Å²) in [5.41, 5.74) is 0. The number of hydrogen-bond acceptors (Lipinski definition) is 6. The number of carbonyl (C=O) groups is 2. The van der Waals surface area contributed by atoms with E-state index in [-0.39, 0.29) is 25.2 Å². The molecule has 0 atom stereocenters. The maximum absolute atomic E-state index is 12.0. The van der Waals surface area contributed by atoms with Crippen molar-refractivity contribution >= 4 is 147 Å². The third-order valence-corrected chi connectivity index (χ3v) is 12.5. The number of carbonyl (C=O) groups excluding carboxylic acids is 2. The van der Waals surface area contributed by atoms with Crippen LogP contribution in [0.2, 0.25) is 0 Å². The van der Waals surface area contributed by atoms with Crippen LogP contribution >= 0.6 is 136 Å². The number of esters is 2. The number of unbranched alkanes of at least 4 members (excludes halogenated alkanes) is 16. The molecule has 0 unspecified atom stereocenters. The lowest BCUT2D eigenvalue weighted by molar-refractivity contribution is -0.152. The summed E-state index contributed by atoms with van der Waals surface area (Å²) in [5, 5.41) is 0. The van der Waals surface area contributed by atoms with E-state index < -0.39 is 0 Å². The Balaban J connectivity index is 1.28. The number of benzene rings is 2. The van der Waals surface area contributed by atoms with Gasteiger partial charge in [-0.25, -0.2) is 0 Å². The van der Waals surface area contributed by atoms with Crippen LogP contribution in [0.1, 0.15) is 128 Å². The molecule has 2 rings (SSSR count). The van der Waals surface area contributed by atoms with Crippen molar-refractivity contribution in [2.45, 2.75) is 128 Å². The molecule has 0 aliphatic rings. The van der Waals surface area contributed by atoms with E-state index >= 15 is 0 Å². The SMILES string of the molecule is O=C(CCCCCCCCCCCOc1c(I)cc(I)cc1I)OCCOC(=O)CCCCCCCCCCCOc1c(I)cc(I)cc1I. The Hall–Kier alpha value is 1.36. The zero-order valence-electron chi connectivity index (χ0n) is 29.0. The molecule has 0 aliphatic heterocycles. The molecule has 0 heterocycles. The van der Waals surface area contributed by atoms with Crippen molar-refractivity contribution in [3.63, 3.8) is 0 Å². The Bertz CT molecular complexity index is 1120. The summed E-state index contributed by atoms with van der Waals surface area (Å²) in [4.78, 5) is 24.0. The second kappa shape index (κ2) is 30.6. The van der Waals surface area contributed by atoms with Gasteiger partial charge in [0.2, 0.25) is 0 Å². The highest BCUT2D eigenvalue weighted by molar-refractivity contribution is 14.1. The first-order valence-corrected chi connectivity index (χ1v) is 24.5. The van der Waals surface area contributed by atoms with E-state index in [0.29, 0.717) is 12.8 Å². The smallest absolute Gasteiger partial charge is 0.305 e. The van der Waals surface area contributed by atoms with Gasteiger partial charge in [-0.15, -0.1) is 0 Å². The summed E-state index contributed by atoms with van der Waals surface area (Å²) in [6.07, 6.45) is 21.5. The van der Waals surface area contributed by atoms with Crippen molar-refractivity contribution in [1.82, 2.24) is 0 Å². The molecule has 0 radical (unpaired) electrons. The van der Waals surface area contributed by atoms with Gasteiger partial charge in [0, 0.05) is 20.0 Å². The van der Waals surface area contributed by atoms with Crippen LogP contribution in [-0.2, 0) is 19.1 Å². The van der Waals surface area contributed by atoms with Gasteiger partial charge in [-0.05, 0) is 185 Å². The van der Waals surface area contributed by atoms with Crippen LogP contribution in [0.15, 0.2) is 24.3 Å². The van der Waals surface area contributed by atoms with Crippen LogP contribution in [0.5, 0.6) is 11.5 Å². The molecule has 0 amide bonds. The standard InChI is InChI=1S/C38H52I6O6/c39-29-25-31(41)37(32(42)26-29)49-21-17-13-9-5-1-3-7-11-15-19-35(45)47-23-24-48-36(46)20-16-12-8-4-2-6-10-14-18-22-50-38-33(43)27-30(40)28-34(38)44/h25-28H,1-24H2. The van der Waals surface area contributed by atoms with Crippen molar-refractivity contribution < 1.29 is 28.5 Å². The van der Waals surface area contributed by atoms with Crippen LogP contribution in [0.3, 0.4) is 0 Å². The first-order valence-electron chi connectivity index (χ1n) is 18.0. The van der Waals surface area contributed by atoms with Crippen LogP contribution in [0.4, 0.5) is 0 Å². The van der Waals surface area contributed by atoms with E-state index in [1.54, 1.807) is 0 Å². The summed E-state index contributed by atoms with van der Waals surface area (Å²) < 4.78 is 29.7. The zero-order valence-corrected chi connectivity index (χ0v) is 41.9. The summed E-state index contributed by atoms with van der Waals surface area (Å²) in [5.74, 6) is 1.64. The number of ether oxygens (including phenoxy) is 4. The number of rotatable bonds is 29. The first kappa shape index (κ1) is 47.5. The van der Waals surface area contributed by atoms with Gasteiger partial charge in [0.25, 0.3) is 0 Å². The minimum Gasteiger partial charge on any atom is -0.491 e. The quantitative estimate of drug-likeness (QED) is 0.0459. The molecule has 2 aromatic rings. The second-order valence-corrected chi connectivity index (χ2v) is 19.5. The monoisotopic (exact) mass is 1370 g/mol. The highest BCUT2D eigenvalue weighted by Gasteiger charge is 2.10. The maximum atomic E-state index is 12.0. The molecule has 0 fully saturated rings. The molecule has 2 aromatic carbocycles. The Morgan fingerprint density at radius 2 is 0.640 bits per heavy atom. The van der Waals surface area contributed by atoms with Crippen LogP contribution < -0.4 is 9.47 Å². The molecule has 282 valence electrons. The lowest BCUT2D eigenvalue weighted by atomic mass is 10.1. The molecule has 0 saturated heterocycles. The number of halogens is 6. The minimum atomic E-state index is -0.196. The van der Waals surface area contributed by atoms with E-state index in [2.05, 4.69) is 160 Å². The van der Waals surface area contributed by atoms with Crippen molar-refractivity contribution in [2.75, 3.05) is 26.4 Å². The van der Waals surface area contributed by atoms with E-state index in [9.17, 15) is 9.59 Å². The molecule has 50 heavy (non-hydrogen) atoms. The van der Waals surface area contributed by atoms with Gasteiger partial charge in [0.15, 0.2) is 0 Å². The topological polar surface area (TPSA) is 71.1 Å². The molecule has 0 bridgehead atoms. The summed E-state index contributed by atoms with van der Waals surface area (Å²) in [6.45, 7) is 1.85. The zero-order chi connectivity index (χ0) is 36.4. The normalized spacial score (nSPS) is 11.1. The van der Waals surface area contributed by atoms with Crippen molar-refractivity contribution in [3.05, 3.63) is 45.7 Å². The molecule has 0 aromatic heterocycles. The van der Waals surface area contributed by atoms with E-state index in [4.69, 9.17) is 18.9 Å². The Labute approximate surface area is 382 Å². The Morgan fingerprint density at radius 3 is 0.940 bits per heavy atom. The predicted octanol–water partition coefficient (Wildman–Crippen LogP) is 13.7. The molecule has 0 aliphatic carbocycles. The lowest BCUT2D eigenvalue weighted by Crippen LogP contribution is -2.13. The minimum absolute atomic E-state index is 0.148. The van der Waals surface area contributed by atoms with Gasteiger partial charge in [0.05, 0.1) is 27.5 Å². The van der Waals surface area contributed by atoms with Gasteiger partial charge in [0.1, 0.15) is 24.7 Å². The molecule has 6 nitrogen and oxygen atoms in total. The van der Waals surface area contributed by atoms with Gasteiger partial charge in [-0.2, -0.15) is 0 Å². The third kappa shape index (κ3) is 23.3. The largest absolute Gasteiger partial charge is 0.491 e. The van der Waals surface area contributed by atoms with E-state index in [1.807, 2.05) is 0 Å². The van der Waals surface area contributed by atoms with Crippen molar-refractivity contribution in [2.24, 2.45) is 0 Å². The van der Waals surface area contributed by atoms with Gasteiger partial charge < -0.3 is 18.9 Å². The van der Waals surface area contributed by atoms with Crippen LogP contribution in [-0.4, -0.2) is 38.4 Å². The second-order valence-electron chi connectivity index (χ2n) is 12.4. The third-order valence-electron chi connectivity index (χ3n) is 8.08. The van der Waals surface area contributed by atoms with Gasteiger partial charge in [-0.1, -0.05) is 89.9 Å². The molecule has 12 heteroatoms. The van der Waals surface area contributed by atoms with Crippen molar-refractivity contribution in [3.8, 4) is 11.5 Å². The predicted molar refractivity (Wildman–Crippen MR) is 254 cm³/mol. The van der Waals surface area contributed by atoms with Crippen LogP contribution in [0.25, 0.3) is 0 Å². The summed E-state index contributed by atoms with van der Waals surface area (Å²) in [7, 11) is 0. The molecule has 0 spiro atoms. The van der Waals surface area contributed by atoms with E-state index in [1.165, 1.54) is 85.6 Å². The molecular formula is C38H52I6O6. The highest BCUT2D eigenvalue weighted by Crippen LogP contribution is 2.31. The Kier molecular flexibility index (Phi) is 29.0. The number of hydrogen-bond donors (Lipinski definition) is 0. The molecule has 0 N–H and O–H groups in total. The summed E-state index contributed by atoms with van der Waals surface area (Å²) in [6, 6.07) is 8.61. The fraction of sp³-hybridized carbons (Fsp3) is 0.632. The van der Waals surface area contributed by atoms with Crippen molar-refractivity contribution in [1.29, 1.82) is 0 Å². The van der Waals surface area contributed by atoms with E-state index in [0.717, 1.165) is 76.1 Å². The maximum Gasteiger partial charge on any atom is 0.305 e. The summed E-state index contributed by atoms with van der Waals surface area (Å²) >= 11 is 14.1. The average Bonchev–Trinajstić information content (AvgIpc) is 3.05. The fourth-order valence-electron chi connectivity index (χ4n) is 5.36. The van der Waals surface area contributed by atoms with Crippen LogP contribution in [0, 0.1) is 21.4 Å². The fourth-order valence-corrected chi connectivity index (χ4v) is 13.1. The highest BCUT2D eigenvalue weighted by atomic mass is 127.